The predicted octanol–water partition coefficient (Wildman–Crippen LogP) is -0.379. The van der Waals surface area contributed by atoms with Crippen molar-refractivity contribution in [3.8, 4) is 0 Å². The van der Waals surface area contributed by atoms with Gasteiger partial charge in [0.05, 0.1) is 5.92 Å². The molecule has 0 radical (unpaired) electrons. The first-order chi connectivity index (χ1) is 5.20. The van der Waals surface area contributed by atoms with Gasteiger partial charge in [-0.15, -0.1) is 0 Å². The van der Waals surface area contributed by atoms with Gasteiger partial charge >= 0.3 is 0 Å². The van der Waals surface area contributed by atoms with Crippen molar-refractivity contribution in [2.24, 2.45) is 29.2 Å². The van der Waals surface area contributed by atoms with Crippen LogP contribution in [-0.2, 0) is 4.79 Å². The van der Waals surface area contributed by atoms with Crippen molar-refractivity contribution in [1.29, 1.82) is 0 Å². The molecule has 0 unspecified atom stereocenters. The van der Waals surface area contributed by atoms with Crippen LogP contribution in [0.15, 0.2) is 12.2 Å². The standard InChI is InChI=1S/C8H12N2O/c9-7-5-2-1-4(3-5)6(7)8(10)11/h1-2,4-7H,3,9H2,(H2,10,11)/t4-,5+,6-,7+/m0/s1. The maximum atomic E-state index is 10.9. The summed E-state index contributed by atoms with van der Waals surface area (Å²) in [6.07, 6.45) is 5.20. The Balaban J connectivity index is 2.25. The summed E-state index contributed by atoms with van der Waals surface area (Å²) in [6, 6.07) is -0.0255. The normalized spacial score (nSPS) is 46.6. The Morgan fingerprint density at radius 2 is 2.00 bits per heavy atom. The van der Waals surface area contributed by atoms with Crippen LogP contribution in [0.5, 0.6) is 0 Å². The van der Waals surface area contributed by atoms with E-state index in [0.29, 0.717) is 11.8 Å². The van der Waals surface area contributed by atoms with E-state index < -0.39 is 0 Å². The van der Waals surface area contributed by atoms with E-state index in [0.717, 1.165) is 6.42 Å². The average molecular weight is 152 g/mol. The second-order valence-electron chi connectivity index (χ2n) is 3.45. The van der Waals surface area contributed by atoms with Crippen LogP contribution in [0.3, 0.4) is 0 Å². The second-order valence-corrected chi connectivity index (χ2v) is 3.45. The van der Waals surface area contributed by atoms with Gasteiger partial charge in [0.2, 0.25) is 5.91 Å². The van der Waals surface area contributed by atoms with Crippen LogP contribution < -0.4 is 11.5 Å². The van der Waals surface area contributed by atoms with E-state index in [1.807, 2.05) is 0 Å². The monoisotopic (exact) mass is 152 g/mol. The van der Waals surface area contributed by atoms with Crippen molar-refractivity contribution in [1.82, 2.24) is 0 Å². The summed E-state index contributed by atoms with van der Waals surface area (Å²) in [4.78, 5) is 10.9. The first-order valence-electron chi connectivity index (χ1n) is 3.93. The highest BCUT2D eigenvalue weighted by Gasteiger charge is 2.45. The highest BCUT2D eigenvalue weighted by Crippen LogP contribution is 2.42. The molecule has 2 aliphatic rings. The predicted molar refractivity (Wildman–Crippen MR) is 41.4 cm³/mol. The number of hydrogen-bond donors (Lipinski definition) is 2. The van der Waals surface area contributed by atoms with Crippen LogP contribution in [-0.4, -0.2) is 11.9 Å². The SMILES string of the molecule is NC(=O)[C@@H]1[C@H](N)[C@@H]2C=C[C@H]1C2. The lowest BCUT2D eigenvalue weighted by atomic mass is 9.89. The topological polar surface area (TPSA) is 69.1 Å². The Morgan fingerprint density at radius 3 is 2.36 bits per heavy atom. The third-order valence-electron chi connectivity index (χ3n) is 2.85. The molecule has 11 heavy (non-hydrogen) atoms. The van der Waals surface area contributed by atoms with E-state index >= 15 is 0 Å². The third kappa shape index (κ3) is 0.807. The summed E-state index contributed by atoms with van der Waals surface area (Å²) in [6.45, 7) is 0. The second kappa shape index (κ2) is 2.08. The zero-order valence-electron chi connectivity index (χ0n) is 6.23. The van der Waals surface area contributed by atoms with E-state index in [1.165, 1.54) is 0 Å². The van der Waals surface area contributed by atoms with Gasteiger partial charge in [-0.05, 0) is 18.3 Å². The van der Waals surface area contributed by atoms with Crippen LogP contribution in [0.1, 0.15) is 6.42 Å². The van der Waals surface area contributed by atoms with Crippen LogP contribution in [0.25, 0.3) is 0 Å². The van der Waals surface area contributed by atoms with Crippen LogP contribution in [0.2, 0.25) is 0 Å². The van der Waals surface area contributed by atoms with Gasteiger partial charge < -0.3 is 11.5 Å². The highest BCUT2D eigenvalue weighted by molar-refractivity contribution is 5.79. The molecule has 0 saturated heterocycles. The summed E-state index contributed by atoms with van der Waals surface area (Å²) in [5.41, 5.74) is 11.0. The van der Waals surface area contributed by atoms with E-state index in [4.69, 9.17) is 11.5 Å². The molecule has 3 nitrogen and oxygen atoms in total. The minimum Gasteiger partial charge on any atom is -0.369 e. The number of nitrogens with two attached hydrogens (primary N) is 2. The first kappa shape index (κ1) is 6.85. The van der Waals surface area contributed by atoms with Gasteiger partial charge in [0.15, 0.2) is 0 Å². The number of allylic oxidation sites excluding steroid dienone is 1. The summed E-state index contributed by atoms with van der Waals surface area (Å²) < 4.78 is 0. The zero-order chi connectivity index (χ0) is 8.01. The minimum atomic E-state index is -0.241. The lowest BCUT2D eigenvalue weighted by Gasteiger charge is -2.20. The number of carbonyl (C=O) groups is 1. The Hall–Kier alpha value is -0.830. The molecule has 0 aromatic rings. The van der Waals surface area contributed by atoms with Crippen molar-refractivity contribution < 1.29 is 4.79 Å². The summed E-state index contributed by atoms with van der Waals surface area (Å²) in [7, 11) is 0. The number of carbonyl (C=O) groups excluding carboxylic acids is 1. The molecule has 2 bridgehead atoms. The van der Waals surface area contributed by atoms with Gasteiger partial charge in [0.25, 0.3) is 0 Å². The number of primary amides is 1. The van der Waals surface area contributed by atoms with Crippen molar-refractivity contribution in [3.63, 3.8) is 0 Å². The average Bonchev–Trinajstić information content (AvgIpc) is 2.44. The molecule has 0 aromatic heterocycles. The zero-order valence-corrected chi connectivity index (χ0v) is 6.23. The Kier molecular flexibility index (Phi) is 1.29. The van der Waals surface area contributed by atoms with Gasteiger partial charge in [-0.25, -0.2) is 0 Å². The van der Waals surface area contributed by atoms with Crippen LogP contribution in [0.4, 0.5) is 0 Å². The van der Waals surface area contributed by atoms with E-state index in [-0.39, 0.29) is 17.9 Å². The first-order valence-corrected chi connectivity index (χ1v) is 3.93. The highest BCUT2D eigenvalue weighted by atomic mass is 16.1. The van der Waals surface area contributed by atoms with Crippen molar-refractivity contribution >= 4 is 5.91 Å². The molecular formula is C8H12N2O. The van der Waals surface area contributed by atoms with Crippen LogP contribution in [0, 0.1) is 17.8 Å². The Morgan fingerprint density at radius 1 is 1.36 bits per heavy atom. The Labute approximate surface area is 65.4 Å². The molecule has 1 fully saturated rings. The molecule has 2 aliphatic carbocycles. The number of fused-ring (bicyclic) bond motifs is 2. The van der Waals surface area contributed by atoms with Gasteiger partial charge in [0.1, 0.15) is 0 Å². The molecule has 1 saturated carbocycles. The molecule has 4 N–H and O–H groups in total. The third-order valence-corrected chi connectivity index (χ3v) is 2.85. The number of hydrogen-bond acceptors (Lipinski definition) is 2. The number of amides is 1. The maximum absolute atomic E-state index is 10.9. The summed E-state index contributed by atoms with van der Waals surface area (Å²) in [5.74, 6) is 0.379. The molecule has 60 valence electrons. The van der Waals surface area contributed by atoms with E-state index in [1.54, 1.807) is 0 Å². The van der Waals surface area contributed by atoms with Gasteiger partial charge in [0, 0.05) is 6.04 Å². The molecule has 0 heterocycles. The molecule has 0 aromatic carbocycles. The molecular weight excluding hydrogens is 140 g/mol. The Bertz CT molecular complexity index is 224. The van der Waals surface area contributed by atoms with Crippen molar-refractivity contribution in [2.45, 2.75) is 12.5 Å². The lowest BCUT2D eigenvalue weighted by molar-refractivity contribution is -0.122. The van der Waals surface area contributed by atoms with Gasteiger partial charge in [-0.2, -0.15) is 0 Å². The molecule has 2 rings (SSSR count). The smallest absolute Gasteiger partial charge is 0.222 e. The fourth-order valence-electron chi connectivity index (χ4n) is 2.26. The maximum Gasteiger partial charge on any atom is 0.222 e. The molecule has 4 atom stereocenters. The van der Waals surface area contributed by atoms with Crippen LogP contribution >= 0.6 is 0 Å². The molecule has 0 spiro atoms. The van der Waals surface area contributed by atoms with Gasteiger partial charge in [-0.3, -0.25) is 4.79 Å². The quantitative estimate of drug-likeness (QED) is 0.503. The summed E-state index contributed by atoms with van der Waals surface area (Å²) in [5, 5.41) is 0. The number of rotatable bonds is 1. The fourth-order valence-corrected chi connectivity index (χ4v) is 2.26. The van der Waals surface area contributed by atoms with Gasteiger partial charge in [-0.1, -0.05) is 12.2 Å². The minimum absolute atomic E-state index is 0.0255. The van der Waals surface area contributed by atoms with E-state index in [9.17, 15) is 4.79 Å². The van der Waals surface area contributed by atoms with Crippen molar-refractivity contribution in [2.75, 3.05) is 0 Å². The van der Waals surface area contributed by atoms with E-state index in [2.05, 4.69) is 12.2 Å². The molecule has 1 amide bonds. The largest absolute Gasteiger partial charge is 0.369 e. The fraction of sp³-hybridized carbons (Fsp3) is 0.625. The lowest BCUT2D eigenvalue weighted by Crippen LogP contribution is -2.41. The molecule has 0 aliphatic heterocycles. The molecule has 3 heteroatoms. The summed E-state index contributed by atoms with van der Waals surface area (Å²) >= 11 is 0. The van der Waals surface area contributed by atoms with Crippen molar-refractivity contribution in [3.05, 3.63) is 12.2 Å².